The third kappa shape index (κ3) is 4.05. The number of rotatable bonds is 4. The lowest BCUT2D eigenvalue weighted by molar-refractivity contribution is -0.115. The smallest absolute Gasteiger partial charge is 0.237 e. The molecule has 1 heterocycles. The fourth-order valence-corrected chi connectivity index (χ4v) is 2.91. The lowest BCUT2D eigenvalue weighted by Gasteiger charge is -2.13. The number of thioether (sulfide) groups is 1. The van der Waals surface area contributed by atoms with E-state index in [0.717, 1.165) is 11.8 Å². The quantitative estimate of drug-likeness (QED) is 0.688. The molecule has 1 aromatic heterocycles. The molecule has 0 aliphatic rings. The Morgan fingerprint density at radius 2 is 2.04 bits per heavy atom. The third-order valence-corrected chi connectivity index (χ3v) is 4.16. The predicted molar refractivity (Wildman–Crippen MR) is 86.6 cm³/mol. The minimum Gasteiger partial charge on any atom is -0.323 e. The van der Waals surface area contributed by atoms with Crippen molar-refractivity contribution in [2.24, 2.45) is 0 Å². The number of hydrogen-bond donors (Lipinski definition) is 1. The molecule has 1 N–H and O–H groups in total. The number of anilines is 1. The van der Waals surface area contributed by atoms with Crippen LogP contribution in [0.5, 0.6) is 0 Å². The first-order chi connectivity index (χ1) is 10.9. The highest BCUT2D eigenvalue weighted by molar-refractivity contribution is 8.00. The summed E-state index contributed by atoms with van der Waals surface area (Å²) in [4.78, 5) is 20.6. The normalized spacial score (nSPS) is 11.6. The van der Waals surface area contributed by atoms with E-state index in [1.54, 1.807) is 32.9 Å². The zero-order valence-electron chi connectivity index (χ0n) is 12.9. The molecule has 5 nitrogen and oxygen atoms in total. The number of nitrogens with one attached hydrogen (secondary N) is 1. The average molecular weight is 330 g/mol. The van der Waals surface area contributed by atoms with Crippen LogP contribution in [0, 0.1) is 31.0 Å². The van der Waals surface area contributed by atoms with Gasteiger partial charge in [-0.3, -0.25) is 4.79 Å². The van der Waals surface area contributed by atoms with Crippen LogP contribution in [0.25, 0.3) is 0 Å². The van der Waals surface area contributed by atoms with Crippen LogP contribution in [-0.2, 0) is 4.79 Å². The molecule has 0 spiro atoms. The van der Waals surface area contributed by atoms with Crippen LogP contribution in [-0.4, -0.2) is 21.1 Å². The molecule has 0 aliphatic carbocycles. The van der Waals surface area contributed by atoms with Crippen LogP contribution in [0.15, 0.2) is 29.3 Å². The summed E-state index contributed by atoms with van der Waals surface area (Å²) in [5, 5.41) is 11.7. The Morgan fingerprint density at radius 1 is 1.35 bits per heavy atom. The van der Waals surface area contributed by atoms with Crippen molar-refractivity contribution in [2.75, 3.05) is 5.32 Å². The van der Waals surface area contributed by atoms with Crippen molar-refractivity contribution in [3.05, 3.63) is 47.2 Å². The maximum Gasteiger partial charge on any atom is 0.237 e. The zero-order valence-corrected chi connectivity index (χ0v) is 13.7. The van der Waals surface area contributed by atoms with Gasteiger partial charge in [0.2, 0.25) is 5.91 Å². The highest BCUT2D eigenvalue weighted by atomic mass is 32.2. The SMILES string of the molecule is Cc1nc(C)c(C#N)c(SC(C)C(=O)Nc2ccccc2F)n1. The second-order valence-corrected chi connectivity index (χ2v) is 6.21. The lowest BCUT2D eigenvalue weighted by Crippen LogP contribution is -2.23. The number of nitriles is 1. The number of amides is 1. The van der Waals surface area contributed by atoms with Crippen LogP contribution < -0.4 is 5.32 Å². The highest BCUT2D eigenvalue weighted by Crippen LogP contribution is 2.27. The number of carbonyl (C=O) groups is 1. The first kappa shape index (κ1) is 16.9. The Balaban J connectivity index is 2.16. The van der Waals surface area contributed by atoms with Gasteiger partial charge in [-0.2, -0.15) is 5.26 Å². The zero-order chi connectivity index (χ0) is 17.0. The molecular formula is C16H15FN4OS. The van der Waals surface area contributed by atoms with E-state index in [9.17, 15) is 14.4 Å². The predicted octanol–water partition coefficient (Wildman–Crippen LogP) is 3.22. The number of para-hydroxylation sites is 1. The van der Waals surface area contributed by atoms with Gasteiger partial charge in [0.05, 0.1) is 16.6 Å². The van der Waals surface area contributed by atoms with Crippen LogP contribution in [0.2, 0.25) is 0 Å². The molecule has 1 atom stereocenters. The summed E-state index contributed by atoms with van der Waals surface area (Å²) in [5.41, 5.74) is 1.05. The van der Waals surface area contributed by atoms with E-state index in [-0.39, 0.29) is 11.6 Å². The Morgan fingerprint density at radius 3 is 2.70 bits per heavy atom. The number of hydrogen-bond acceptors (Lipinski definition) is 5. The fraction of sp³-hybridized carbons (Fsp3) is 0.250. The number of aryl methyl sites for hydroxylation is 2. The van der Waals surface area contributed by atoms with Crippen LogP contribution >= 0.6 is 11.8 Å². The van der Waals surface area contributed by atoms with Crippen LogP contribution in [0.3, 0.4) is 0 Å². The molecule has 1 aromatic carbocycles. The monoisotopic (exact) mass is 330 g/mol. The fourth-order valence-electron chi connectivity index (χ4n) is 1.91. The van der Waals surface area contributed by atoms with E-state index in [2.05, 4.69) is 21.4 Å². The van der Waals surface area contributed by atoms with E-state index in [1.807, 2.05) is 0 Å². The molecule has 1 amide bonds. The summed E-state index contributed by atoms with van der Waals surface area (Å²) in [6, 6.07) is 8.01. The largest absolute Gasteiger partial charge is 0.323 e. The van der Waals surface area contributed by atoms with E-state index < -0.39 is 11.1 Å². The van der Waals surface area contributed by atoms with Crippen molar-refractivity contribution < 1.29 is 9.18 Å². The van der Waals surface area contributed by atoms with Gasteiger partial charge in [-0.25, -0.2) is 14.4 Å². The van der Waals surface area contributed by atoms with Gasteiger partial charge in [0, 0.05) is 0 Å². The minimum atomic E-state index is -0.546. The van der Waals surface area contributed by atoms with Crippen LogP contribution in [0.4, 0.5) is 10.1 Å². The van der Waals surface area contributed by atoms with Gasteiger partial charge in [-0.15, -0.1) is 0 Å². The Bertz CT molecular complexity index is 788. The number of halogens is 1. The molecular weight excluding hydrogens is 315 g/mol. The number of carbonyl (C=O) groups excluding carboxylic acids is 1. The Hall–Kier alpha value is -2.46. The molecule has 2 rings (SSSR count). The molecule has 0 bridgehead atoms. The van der Waals surface area contributed by atoms with Gasteiger partial charge in [0.25, 0.3) is 0 Å². The van der Waals surface area contributed by atoms with E-state index in [1.165, 1.54) is 12.1 Å². The molecule has 118 valence electrons. The topological polar surface area (TPSA) is 78.7 Å². The summed E-state index contributed by atoms with van der Waals surface area (Å²) in [6.45, 7) is 5.12. The maximum atomic E-state index is 13.6. The van der Waals surface area contributed by atoms with Crippen molar-refractivity contribution >= 4 is 23.4 Å². The van der Waals surface area contributed by atoms with Crippen LogP contribution in [0.1, 0.15) is 24.0 Å². The van der Waals surface area contributed by atoms with Gasteiger partial charge >= 0.3 is 0 Å². The van der Waals surface area contributed by atoms with Gasteiger partial charge in [-0.05, 0) is 32.9 Å². The average Bonchev–Trinajstić information content (AvgIpc) is 2.49. The number of aromatic nitrogens is 2. The Kier molecular flexibility index (Phi) is 5.29. The molecule has 0 aliphatic heterocycles. The van der Waals surface area contributed by atoms with E-state index >= 15 is 0 Å². The van der Waals surface area contributed by atoms with Crippen molar-refractivity contribution in [1.82, 2.24) is 9.97 Å². The van der Waals surface area contributed by atoms with Gasteiger partial charge in [-0.1, -0.05) is 23.9 Å². The summed E-state index contributed by atoms with van der Waals surface area (Å²) in [5.74, 6) is -0.326. The van der Waals surface area contributed by atoms with Gasteiger partial charge < -0.3 is 5.32 Å². The summed E-state index contributed by atoms with van der Waals surface area (Å²) < 4.78 is 13.6. The molecule has 0 saturated heterocycles. The van der Waals surface area contributed by atoms with E-state index in [4.69, 9.17) is 0 Å². The highest BCUT2D eigenvalue weighted by Gasteiger charge is 2.20. The molecule has 1 unspecified atom stereocenters. The third-order valence-electron chi connectivity index (χ3n) is 3.07. The molecule has 0 fully saturated rings. The van der Waals surface area contributed by atoms with E-state index in [0.29, 0.717) is 22.1 Å². The molecule has 0 saturated carbocycles. The van der Waals surface area contributed by atoms with Crippen molar-refractivity contribution in [3.8, 4) is 6.07 Å². The summed E-state index contributed by atoms with van der Waals surface area (Å²) in [6.07, 6.45) is 0. The van der Waals surface area contributed by atoms with Crippen molar-refractivity contribution in [3.63, 3.8) is 0 Å². The summed E-state index contributed by atoms with van der Waals surface area (Å²) in [7, 11) is 0. The van der Waals surface area contributed by atoms with Gasteiger partial charge in [0.1, 0.15) is 28.3 Å². The lowest BCUT2D eigenvalue weighted by atomic mass is 10.3. The number of nitrogens with zero attached hydrogens (tertiary/aromatic N) is 3. The molecule has 7 heteroatoms. The molecule has 0 radical (unpaired) electrons. The first-order valence-electron chi connectivity index (χ1n) is 6.89. The minimum absolute atomic E-state index is 0.125. The molecule has 2 aromatic rings. The standard InChI is InChI=1S/C16H15FN4OS/c1-9-12(8-18)16(20-11(3)19-9)23-10(2)15(22)21-14-7-5-4-6-13(14)17/h4-7,10H,1-3H3,(H,21,22). The van der Waals surface area contributed by atoms with Crippen molar-refractivity contribution in [1.29, 1.82) is 5.26 Å². The summed E-state index contributed by atoms with van der Waals surface area (Å²) >= 11 is 1.15. The second kappa shape index (κ2) is 7.20. The first-order valence-corrected chi connectivity index (χ1v) is 7.77. The van der Waals surface area contributed by atoms with Gasteiger partial charge in [0.15, 0.2) is 0 Å². The maximum absolute atomic E-state index is 13.6. The number of benzene rings is 1. The second-order valence-electron chi connectivity index (χ2n) is 4.88. The van der Waals surface area contributed by atoms with Crippen molar-refractivity contribution in [2.45, 2.75) is 31.0 Å². The molecule has 23 heavy (non-hydrogen) atoms. The Labute approximate surface area is 138 Å².